The molecule has 1 aliphatic rings. The van der Waals surface area contributed by atoms with Gasteiger partial charge in [-0.15, -0.1) is 0 Å². The van der Waals surface area contributed by atoms with Gasteiger partial charge in [0.25, 0.3) is 0 Å². The highest BCUT2D eigenvalue weighted by Gasteiger charge is 2.14. The minimum Gasteiger partial charge on any atom is -0.379 e. The lowest BCUT2D eigenvalue weighted by Gasteiger charge is -2.27. The van der Waals surface area contributed by atoms with Gasteiger partial charge in [-0.05, 0) is 28.8 Å². The number of nitrogens with zero attached hydrogens (tertiary/aromatic N) is 2. The van der Waals surface area contributed by atoms with E-state index in [9.17, 15) is 4.39 Å². The fraction of sp³-hybridized carbons (Fsp3) is 0.435. The van der Waals surface area contributed by atoms with Crippen LogP contribution in [0.5, 0.6) is 0 Å². The standard InChI is InChI=1S/C23H31FN4O2/c1-25-23(27-16-22(29-2)18-7-9-21(24)10-8-18)26-15-19-5-3-4-6-20(19)17-28-11-13-30-14-12-28/h3-10,22H,11-17H2,1-2H3,(H2,25,26,27). The minimum absolute atomic E-state index is 0.197. The number of guanidine groups is 1. The Morgan fingerprint density at radius 1 is 1.10 bits per heavy atom. The largest absolute Gasteiger partial charge is 0.379 e. The van der Waals surface area contributed by atoms with Crippen LogP contribution in [0, 0.1) is 5.82 Å². The van der Waals surface area contributed by atoms with Gasteiger partial charge in [0.1, 0.15) is 5.82 Å². The average molecular weight is 415 g/mol. The molecule has 1 heterocycles. The molecule has 30 heavy (non-hydrogen) atoms. The number of methoxy groups -OCH3 is 1. The molecular formula is C23H31FN4O2. The molecule has 162 valence electrons. The van der Waals surface area contributed by atoms with Crippen LogP contribution in [-0.4, -0.2) is 57.9 Å². The SMILES string of the molecule is CN=C(NCc1ccccc1CN1CCOCC1)NCC(OC)c1ccc(F)cc1. The van der Waals surface area contributed by atoms with E-state index < -0.39 is 0 Å². The number of aliphatic imine (C=N–C) groups is 1. The highest BCUT2D eigenvalue weighted by molar-refractivity contribution is 5.79. The van der Waals surface area contributed by atoms with Crippen molar-refractivity contribution in [3.05, 3.63) is 71.0 Å². The minimum atomic E-state index is -0.255. The maximum absolute atomic E-state index is 13.2. The number of morpholine rings is 1. The molecule has 1 fully saturated rings. The van der Waals surface area contributed by atoms with Crippen LogP contribution in [0.15, 0.2) is 53.5 Å². The molecule has 0 saturated carbocycles. The summed E-state index contributed by atoms with van der Waals surface area (Å²) in [5, 5.41) is 6.68. The van der Waals surface area contributed by atoms with E-state index in [0.29, 0.717) is 19.0 Å². The summed E-state index contributed by atoms with van der Waals surface area (Å²) in [6.07, 6.45) is -0.197. The Morgan fingerprint density at radius 2 is 1.80 bits per heavy atom. The van der Waals surface area contributed by atoms with E-state index in [1.54, 1.807) is 26.3 Å². The van der Waals surface area contributed by atoms with Gasteiger partial charge in [-0.3, -0.25) is 9.89 Å². The molecule has 1 saturated heterocycles. The van der Waals surface area contributed by atoms with Gasteiger partial charge in [-0.1, -0.05) is 36.4 Å². The first-order valence-electron chi connectivity index (χ1n) is 10.3. The molecule has 3 rings (SSSR count). The molecule has 2 N–H and O–H groups in total. The van der Waals surface area contributed by atoms with E-state index in [1.165, 1.54) is 23.3 Å². The highest BCUT2D eigenvalue weighted by atomic mass is 19.1. The van der Waals surface area contributed by atoms with Gasteiger partial charge in [0.15, 0.2) is 5.96 Å². The van der Waals surface area contributed by atoms with Gasteiger partial charge in [0.2, 0.25) is 0 Å². The first kappa shape index (κ1) is 22.2. The van der Waals surface area contributed by atoms with Crippen molar-refractivity contribution in [1.82, 2.24) is 15.5 Å². The predicted molar refractivity (Wildman–Crippen MR) is 117 cm³/mol. The van der Waals surface area contributed by atoms with Crippen molar-refractivity contribution in [2.75, 3.05) is 47.0 Å². The number of hydrogen-bond acceptors (Lipinski definition) is 4. The Bertz CT molecular complexity index is 807. The molecule has 0 amide bonds. The second kappa shape index (κ2) is 11.6. The third-order valence-electron chi connectivity index (χ3n) is 5.27. The summed E-state index contributed by atoms with van der Waals surface area (Å²) in [6.45, 7) is 5.64. The van der Waals surface area contributed by atoms with Crippen molar-refractivity contribution in [3.8, 4) is 0 Å². The quantitative estimate of drug-likeness (QED) is 0.514. The lowest BCUT2D eigenvalue weighted by Crippen LogP contribution is -2.39. The zero-order valence-corrected chi connectivity index (χ0v) is 17.7. The van der Waals surface area contributed by atoms with E-state index >= 15 is 0 Å². The number of hydrogen-bond donors (Lipinski definition) is 2. The van der Waals surface area contributed by atoms with Crippen molar-refractivity contribution in [1.29, 1.82) is 0 Å². The van der Waals surface area contributed by atoms with Crippen LogP contribution in [0.4, 0.5) is 4.39 Å². The van der Waals surface area contributed by atoms with Gasteiger partial charge in [0.05, 0.1) is 19.3 Å². The predicted octanol–water partition coefficient (Wildman–Crippen LogP) is 2.71. The fourth-order valence-corrected chi connectivity index (χ4v) is 3.49. The molecule has 7 heteroatoms. The van der Waals surface area contributed by atoms with Crippen molar-refractivity contribution >= 4 is 5.96 Å². The van der Waals surface area contributed by atoms with Crippen LogP contribution < -0.4 is 10.6 Å². The third kappa shape index (κ3) is 6.52. The summed E-state index contributed by atoms with van der Waals surface area (Å²) in [5.41, 5.74) is 3.47. The van der Waals surface area contributed by atoms with Crippen molar-refractivity contribution in [2.45, 2.75) is 19.2 Å². The Morgan fingerprint density at radius 3 is 2.47 bits per heavy atom. The molecule has 0 spiro atoms. The average Bonchev–Trinajstić information content (AvgIpc) is 2.79. The van der Waals surface area contributed by atoms with Gasteiger partial charge >= 0.3 is 0 Å². The van der Waals surface area contributed by atoms with E-state index in [1.807, 2.05) is 0 Å². The fourth-order valence-electron chi connectivity index (χ4n) is 3.49. The summed E-state index contributed by atoms with van der Waals surface area (Å²) in [7, 11) is 3.39. The van der Waals surface area contributed by atoms with Gasteiger partial charge in [-0.2, -0.15) is 0 Å². The van der Waals surface area contributed by atoms with E-state index in [2.05, 4.69) is 44.8 Å². The molecule has 0 radical (unpaired) electrons. The van der Waals surface area contributed by atoms with Gasteiger partial charge < -0.3 is 20.1 Å². The Kier molecular flexibility index (Phi) is 8.62. The molecule has 2 aromatic rings. The zero-order valence-electron chi connectivity index (χ0n) is 17.7. The number of ether oxygens (including phenoxy) is 2. The Labute approximate surface area is 178 Å². The van der Waals surface area contributed by atoms with Gasteiger partial charge in [0, 0.05) is 46.9 Å². The molecular weight excluding hydrogens is 383 g/mol. The normalized spacial score (nSPS) is 16.3. The number of rotatable bonds is 8. The number of nitrogens with one attached hydrogen (secondary N) is 2. The van der Waals surface area contributed by atoms with Crippen molar-refractivity contribution in [3.63, 3.8) is 0 Å². The second-order valence-corrected chi connectivity index (χ2v) is 7.24. The molecule has 0 bridgehead atoms. The molecule has 0 aliphatic carbocycles. The second-order valence-electron chi connectivity index (χ2n) is 7.24. The summed E-state index contributed by atoms with van der Waals surface area (Å²) in [4.78, 5) is 6.73. The Balaban J connectivity index is 1.54. The summed E-state index contributed by atoms with van der Waals surface area (Å²) < 4.78 is 24.2. The topological polar surface area (TPSA) is 58.1 Å². The molecule has 1 atom stereocenters. The maximum atomic E-state index is 13.2. The van der Waals surface area contributed by atoms with Gasteiger partial charge in [-0.25, -0.2) is 4.39 Å². The van der Waals surface area contributed by atoms with Crippen LogP contribution in [-0.2, 0) is 22.6 Å². The van der Waals surface area contributed by atoms with Crippen molar-refractivity contribution in [2.24, 2.45) is 4.99 Å². The summed E-state index contributed by atoms with van der Waals surface area (Å²) >= 11 is 0. The van der Waals surface area contributed by atoms with Crippen LogP contribution in [0.3, 0.4) is 0 Å². The van der Waals surface area contributed by atoms with E-state index in [0.717, 1.165) is 38.4 Å². The van der Waals surface area contributed by atoms with Crippen LogP contribution in [0.25, 0.3) is 0 Å². The lowest BCUT2D eigenvalue weighted by atomic mass is 10.1. The van der Waals surface area contributed by atoms with Crippen LogP contribution in [0.2, 0.25) is 0 Å². The number of halogens is 1. The monoisotopic (exact) mass is 414 g/mol. The smallest absolute Gasteiger partial charge is 0.191 e. The summed E-state index contributed by atoms with van der Waals surface area (Å²) in [5.74, 6) is 0.440. The van der Waals surface area contributed by atoms with Crippen molar-refractivity contribution < 1.29 is 13.9 Å². The summed E-state index contributed by atoms with van der Waals surface area (Å²) in [6, 6.07) is 14.8. The third-order valence-corrected chi connectivity index (χ3v) is 5.27. The molecule has 1 unspecified atom stereocenters. The van der Waals surface area contributed by atoms with Crippen LogP contribution >= 0.6 is 0 Å². The first-order chi connectivity index (χ1) is 14.7. The van der Waals surface area contributed by atoms with E-state index in [4.69, 9.17) is 9.47 Å². The van der Waals surface area contributed by atoms with E-state index in [-0.39, 0.29) is 11.9 Å². The lowest BCUT2D eigenvalue weighted by molar-refractivity contribution is 0.0341. The molecule has 2 aromatic carbocycles. The molecule has 6 nitrogen and oxygen atoms in total. The van der Waals surface area contributed by atoms with Crippen LogP contribution in [0.1, 0.15) is 22.8 Å². The Hall–Kier alpha value is -2.48. The molecule has 1 aliphatic heterocycles. The highest BCUT2D eigenvalue weighted by Crippen LogP contribution is 2.16. The molecule has 0 aromatic heterocycles. The number of benzene rings is 2. The zero-order chi connectivity index (χ0) is 21.2. The maximum Gasteiger partial charge on any atom is 0.191 e. The first-order valence-corrected chi connectivity index (χ1v) is 10.3.